The second kappa shape index (κ2) is 7.69. The molecule has 1 fully saturated rings. The summed E-state index contributed by atoms with van der Waals surface area (Å²) in [6.45, 7) is 2.26. The van der Waals surface area contributed by atoms with E-state index in [0.29, 0.717) is 23.1 Å². The molecule has 9 heteroatoms. The molecule has 1 aliphatic rings. The zero-order valence-electron chi connectivity index (χ0n) is 15.3. The fourth-order valence-corrected chi connectivity index (χ4v) is 4.65. The summed E-state index contributed by atoms with van der Waals surface area (Å²) in [5, 5.41) is 14.1. The van der Waals surface area contributed by atoms with Crippen LogP contribution in [-0.2, 0) is 9.59 Å². The maximum atomic E-state index is 12.7. The molecule has 7 nitrogen and oxygen atoms in total. The molecule has 1 aliphatic heterocycles. The summed E-state index contributed by atoms with van der Waals surface area (Å²) >= 11 is 2.89. The van der Waals surface area contributed by atoms with E-state index in [1.807, 2.05) is 42.6 Å². The Morgan fingerprint density at radius 3 is 2.93 bits per heavy atom. The average Bonchev–Trinajstić information content (AvgIpc) is 3.42. The minimum atomic E-state index is -0.452. The maximum absolute atomic E-state index is 12.7. The molecule has 0 saturated carbocycles. The number of rotatable bonds is 5. The van der Waals surface area contributed by atoms with Gasteiger partial charge in [0.05, 0.1) is 23.6 Å². The fourth-order valence-electron chi connectivity index (χ4n) is 3.11. The van der Waals surface area contributed by atoms with Gasteiger partial charge in [-0.15, -0.1) is 21.5 Å². The molecule has 0 radical (unpaired) electrons. The van der Waals surface area contributed by atoms with Crippen molar-refractivity contribution in [2.24, 2.45) is 5.92 Å². The minimum Gasteiger partial charge on any atom is -0.495 e. The summed E-state index contributed by atoms with van der Waals surface area (Å²) in [6, 6.07) is 9.55. The number of benzene rings is 1. The molecule has 28 heavy (non-hydrogen) atoms. The molecule has 1 atom stereocenters. The van der Waals surface area contributed by atoms with E-state index in [1.54, 1.807) is 23.3 Å². The number of amides is 2. The van der Waals surface area contributed by atoms with Crippen LogP contribution in [0.15, 0.2) is 35.7 Å². The van der Waals surface area contributed by atoms with Crippen LogP contribution in [0, 0.1) is 12.8 Å². The Hall–Kier alpha value is -2.78. The second-order valence-corrected chi connectivity index (χ2v) is 8.38. The summed E-state index contributed by atoms with van der Waals surface area (Å²) < 4.78 is 5.38. The van der Waals surface area contributed by atoms with Crippen LogP contribution in [0.5, 0.6) is 5.75 Å². The molecule has 2 amide bonds. The van der Waals surface area contributed by atoms with Gasteiger partial charge in [-0.3, -0.25) is 9.59 Å². The summed E-state index contributed by atoms with van der Waals surface area (Å²) in [4.78, 5) is 27.8. The predicted molar refractivity (Wildman–Crippen MR) is 110 cm³/mol. The minimum absolute atomic E-state index is 0.0967. The van der Waals surface area contributed by atoms with E-state index in [1.165, 1.54) is 11.3 Å². The van der Waals surface area contributed by atoms with Crippen molar-refractivity contribution in [1.29, 1.82) is 0 Å². The van der Waals surface area contributed by atoms with Gasteiger partial charge in [-0.1, -0.05) is 23.5 Å². The van der Waals surface area contributed by atoms with Gasteiger partial charge in [-0.2, -0.15) is 0 Å². The number of nitrogens with zero attached hydrogens (tertiary/aromatic N) is 3. The summed E-state index contributed by atoms with van der Waals surface area (Å²) in [6.07, 6.45) is 0.152. The SMILES string of the molecule is COc1ccc(C)cc1N1CC(C(=O)Nc2nnc(-c3cccs3)s2)CC1=O. The number of hydrogen-bond acceptors (Lipinski definition) is 7. The van der Waals surface area contributed by atoms with Gasteiger partial charge in [-0.25, -0.2) is 0 Å². The fraction of sp³-hybridized carbons (Fsp3) is 0.263. The average molecular weight is 415 g/mol. The number of aromatic nitrogens is 2. The molecule has 1 aromatic carbocycles. The summed E-state index contributed by atoms with van der Waals surface area (Å²) in [5.74, 6) is -0.159. The lowest BCUT2D eigenvalue weighted by atomic mass is 10.1. The van der Waals surface area contributed by atoms with Gasteiger partial charge in [0.1, 0.15) is 5.75 Å². The third-order valence-corrected chi connectivity index (χ3v) is 6.39. The lowest BCUT2D eigenvalue weighted by Gasteiger charge is -2.20. The molecule has 1 N–H and O–H groups in total. The standard InChI is InChI=1S/C19H18N4O3S2/c1-11-5-6-14(26-2)13(8-11)23-10-12(9-16(23)24)17(25)20-19-22-21-18(28-19)15-4-3-7-27-15/h3-8,12H,9-10H2,1-2H3,(H,20,22,25). The molecule has 4 rings (SSSR count). The first-order chi connectivity index (χ1) is 13.5. The van der Waals surface area contributed by atoms with Crippen LogP contribution in [-0.4, -0.2) is 35.7 Å². The molecule has 0 bridgehead atoms. The van der Waals surface area contributed by atoms with E-state index in [9.17, 15) is 9.59 Å². The van der Waals surface area contributed by atoms with E-state index in [2.05, 4.69) is 15.5 Å². The molecular formula is C19H18N4O3S2. The predicted octanol–water partition coefficient (Wildman–Crippen LogP) is 3.58. The first-order valence-electron chi connectivity index (χ1n) is 8.68. The van der Waals surface area contributed by atoms with Crippen molar-refractivity contribution >= 4 is 45.3 Å². The van der Waals surface area contributed by atoms with Crippen LogP contribution < -0.4 is 15.0 Å². The Labute approximate surface area is 170 Å². The highest BCUT2D eigenvalue weighted by Crippen LogP contribution is 2.35. The van der Waals surface area contributed by atoms with Crippen molar-refractivity contribution in [3.63, 3.8) is 0 Å². The molecule has 0 spiro atoms. The first kappa shape index (κ1) is 18.6. The van der Waals surface area contributed by atoms with Gasteiger partial charge in [0.25, 0.3) is 0 Å². The number of aryl methyl sites for hydroxylation is 1. The highest BCUT2D eigenvalue weighted by atomic mass is 32.1. The third kappa shape index (κ3) is 3.63. The van der Waals surface area contributed by atoms with Crippen LogP contribution in [0.2, 0.25) is 0 Å². The van der Waals surface area contributed by atoms with Crippen molar-refractivity contribution in [3.8, 4) is 15.6 Å². The zero-order valence-corrected chi connectivity index (χ0v) is 17.0. The quantitative estimate of drug-likeness (QED) is 0.690. The number of methoxy groups -OCH3 is 1. The maximum Gasteiger partial charge on any atom is 0.231 e. The van der Waals surface area contributed by atoms with Crippen molar-refractivity contribution in [2.75, 3.05) is 23.9 Å². The molecule has 1 saturated heterocycles. The highest BCUT2D eigenvalue weighted by molar-refractivity contribution is 7.23. The molecule has 3 aromatic rings. The summed E-state index contributed by atoms with van der Waals surface area (Å²) in [7, 11) is 1.57. The Bertz CT molecular complexity index is 1020. The van der Waals surface area contributed by atoms with E-state index < -0.39 is 5.92 Å². The third-order valence-electron chi connectivity index (χ3n) is 4.51. The van der Waals surface area contributed by atoms with Crippen molar-refractivity contribution in [2.45, 2.75) is 13.3 Å². The molecule has 2 aromatic heterocycles. The van der Waals surface area contributed by atoms with Gasteiger partial charge >= 0.3 is 0 Å². The van der Waals surface area contributed by atoms with E-state index in [0.717, 1.165) is 15.4 Å². The van der Waals surface area contributed by atoms with Crippen molar-refractivity contribution < 1.29 is 14.3 Å². The number of ether oxygens (including phenoxy) is 1. The molecule has 1 unspecified atom stereocenters. The number of thiophene rings is 1. The number of carbonyl (C=O) groups excluding carboxylic acids is 2. The monoisotopic (exact) mass is 414 g/mol. The van der Waals surface area contributed by atoms with Gasteiger partial charge in [0.2, 0.25) is 16.9 Å². The second-order valence-electron chi connectivity index (χ2n) is 6.46. The van der Waals surface area contributed by atoms with Crippen molar-refractivity contribution in [1.82, 2.24) is 10.2 Å². The van der Waals surface area contributed by atoms with Crippen LogP contribution in [0.1, 0.15) is 12.0 Å². The Morgan fingerprint density at radius 1 is 1.32 bits per heavy atom. The molecule has 144 valence electrons. The van der Waals surface area contributed by atoms with Gasteiger partial charge < -0.3 is 15.0 Å². The number of carbonyl (C=O) groups is 2. The lowest BCUT2D eigenvalue weighted by Crippen LogP contribution is -2.28. The van der Waals surface area contributed by atoms with E-state index in [4.69, 9.17) is 4.74 Å². The largest absolute Gasteiger partial charge is 0.495 e. The van der Waals surface area contributed by atoms with Gasteiger partial charge in [-0.05, 0) is 36.1 Å². The van der Waals surface area contributed by atoms with Crippen LogP contribution in [0.4, 0.5) is 10.8 Å². The van der Waals surface area contributed by atoms with Crippen LogP contribution >= 0.6 is 22.7 Å². The van der Waals surface area contributed by atoms with Crippen LogP contribution in [0.3, 0.4) is 0 Å². The number of hydrogen-bond donors (Lipinski definition) is 1. The van der Waals surface area contributed by atoms with Crippen molar-refractivity contribution in [3.05, 3.63) is 41.3 Å². The summed E-state index contributed by atoms with van der Waals surface area (Å²) in [5.41, 5.74) is 1.71. The molecular weight excluding hydrogens is 396 g/mol. The Kier molecular flexibility index (Phi) is 5.10. The number of anilines is 2. The molecule has 0 aliphatic carbocycles. The first-order valence-corrected chi connectivity index (χ1v) is 10.4. The Balaban J connectivity index is 1.47. The van der Waals surface area contributed by atoms with Gasteiger partial charge in [0.15, 0.2) is 5.01 Å². The number of nitrogens with one attached hydrogen (secondary N) is 1. The highest BCUT2D eigenvalue weighted by Gasteiger charge is 2.36. The molecule has 3 heterocycles. The smallest absolute Gasteiger partial charge is 0.231 e. The Morgan fingerprint density at radius 2 is 2.18 bits per heavy atom. The van der Waals surface area contributed by atoms with Crippen LogP contribution in [0.25, 0.3) is 9.88 Å². The zero-order chi connectivity index (χ0) is 19.7. The van der Waals surface area contributed by atoms with E-state index >= 15 is 0 Å². The lowest BCUT2D eigenvalue weighted by molar-refractivity contribution is -0.122. The van der Waals surface area contributed by atoms with Gasteiger partial charge in [0, 0.05) is 13.0 Å². The normalized spacial score (nSPS) is 16.4. The van der Waals surface area contributed by atoms with E-state index in [-0.39, 0.29) is 18.2 Å². The topological polar surface area (TPSA) is 84.4 Å².